The topological polar surface area (TPSA) is 9.23 Å². The van der Waals surface area contributed by atoms with Crippen LogP contribution < -0.4 is 4.74 Å². The molecule has 0 amide bonds. The predicted octanol–water partition coefficient (Wildman–Crippen LogP) is 3.38. The quantitative estimate of drug-likeness (QED) is 0.554. The van der Waals surface area contributed by atoms with Gasteiger partial charge >= 0.3 is 0 Å². The first-order chi connectivity index (χ1) is 6.93. The van der Waals surface area contributed by atoms with Crippen LogP contribution in [0, 0.1) is 0 Å². The summed E-state index contributed by atoms with van der Waals surface area (Å²) in [5.74, 6) is 1.98. The fourth-order valence-electron chi connectivity index (χ4n) is 1.82. The average Bonchev–Trinajstić information content (AvgIpc) is 2.26. The molecule has 0 N–H and O–H groups in total. The Morgan fingerprint density at radius 2 is 1.20 bits per heavy atom. The summed E-state index contributed by atoms with van der Waals surface area (Å²) < 4.78 is 5.78. The van der Waals surface area contributed by atoms with Crippen molar-refractivity contribution >= 4 is 0 Å². The van der Waals surface area contributed by atoms with Crippen LogP contribution in [0.3, 0.4) is 0 Å². The minimum atomic E-state index is 0. The minimum Gasteiger partial charge on any atom is -0.457 e. The molecule has 0 radical (unpaired) electrons. The van der Waals surface area contributed by atoms with E-state index < -0.39 is 0 Å². The third-order valence-electron chi connectivity index (χ3n) is 2.55. The van der Waals surface area contributed by atoms with Gasteiger partial charge in [-0.1, -0.05) is 36.4 Å². The first kappa shape index (κ1) is 10.4. The fourth-order valence-corrected chi connectivity index (χ4v) is 1.82. The van der Waals surface area contributed by atoms with E-state index in [1.165, 1.54) is 11.1 Å². The summed E-state index contributed by atoms with van der Waals surface area (Å²) in [5, 5.41) is 0. The molecule has 0 aromatic heterocycles. The van der Waals surface area contributed by atoms with Crippen molar-refractivity contribution < 1.29 is 24.2 Å². The number of hydrogen-bond acceptors (Lipinski definition) is 1. The first-order valence-electron chi connectivity index (χ1n) is 4.77. The van der Waals surface area contributed by atoms with Gasteiger partial charge in [-0.2, -0.15) is 0 Å². The molecular weight excluding hydrogens is 238 g/mol. The fraction of sp³-hybridized carbons (Fsp3) is 0.0769. The van der Waals surface area contributed by atoms with Gasteiger partial charge in [0.1, 0.15) is 11.5 Å². The smallest absolute Gasteiger partial charge is 0.130 e. The van der Waals surface area contributed by atoms with E-state index in [0.717, 1.165) is 17.9 Å². The molecule has 1 heterocycles. The van der Waals surface area contributed by atoms with Gasteiger partial charge in [-0.15, -0.1) is 0 Å². The Bertz CT molecular complexity index is 392. The molecule has 70 valence electrons. The van der Waals surface area contributed by atoms with Gasteiger partial charge in [-0.3, -0.25) is 0 Å². The molecule has 2 aromatic rings. The molecule has 0 aliphatic carbocycles. The van der Waals surface area contributed by atoms with E-state index in [9.17, 15) is 0 Å². The van der Waals surface area contributed by atoms with Crippen molar-refractivity contribution in [3.05, 3.63) is 59.7 Å². The Hall–Kier alpha value is -1.14. The summed E-state index contributed by atoms with van der Waals surface area (Å²) in [4.78, 5) is 0. The monoisotopic (exact) mass is 246 g/mol. The Labute approximate surface area is 102 Å². The molecule has 2 heteroatoms. The van der Waals surface area contributed by atoms with Crippen LogP contribution in [0.25, 0.3) is 0 Å². The van der Waals surface area contributed by atoms with Gasteiger partial charge in [0.2, 0.25) is 0 Å². The molecule has 0 spiro atoms. The summed E-state index contributed by atoms with van der Waals surface area (Å²) in [6, 6.07) is 16.4. The zero-order chi connectivity index (χ0) is 9.38. The number of ether oxygens (including phenoxy) is 1. The van der Waals surface area contributed by atoms with Gasteiger partial charge in [0.15, 0.2) is 0 Å². The van der Waals surface area contributed by atoms with E-state index in [1.807, 2.05) is 24.3 Å². The summed E-state index contributed by atoms with van der Waals surface area (Å²) in [6.07, 6.45) is 0.979. The number of para-hydroxylation sites is 2. The summed E-state index contributed by atoms with van der Waals surface area (Å²) in [5.41, 5.74) is 2.54. The van der Waals surface area contributed by atoms with Crippen LogP contribution in [0.1, 0.15) is 11.1 Å². The first-order valence-corrected chi connectivity index (χ1v) is 4.77. The van der Waals surface area contributed by atoms with Crippen LogP contribution in [-0.4, -0.2) is 0 Å². The molecule has 15 heavy (non-hydrogen) atoms. The molecule has 1 nitrogen and oxygen atoms in total. The van der Waals surface area contributed by atoms with Gasteiger partial charge < -0.3 is 4.74 Å². The molecule has 0 saturated heterocycles. The number of rotatable bonds is 0. The van der Waals surface area contributed by atoms with E-state index in [2.05, 4.69) is 24.3 Å². The third kappa shape index (κ3) is 1.82. The van der Waals surface area contributed by atoms with Crippen molar-refractivity contribution in [3.63, 3.8) is 0 Å². The van der Waals surface area contributed by atoms with Crippen molar-refractivity contribution in [2.75, 3.05) is 0 Å². The molecule has 0 fully saturated rings. The van der Waals surface area contributed by atoms with Crippen molar-refractivity contribution in [2.24, 2.45) is 0 Å². The maximum atomic E-state index is 5.78. The van der Waals surface area contributed by atoms with Gasteiger partial charge in [0.05, 0.1) is 0 Å². The Kier molecular flexibility index (Phi) is 2.88. The molecule has 0 bridgehead atoms. The van der Waals surface area contributed by atoms with Crippen molar-refractivity contribution in [1.82, 2.24) is 0 Å². The second kappa shape index (κ2) is 4.16. The molecule has 1 aliphatic heterocycles. The van der Waals surface area contributed by atoms with Crippen LogP contribution >= 0.6 is 0 Å². The van der Waals surface area contributed by atoms with Crippen LogP contribution in [0.4, 0.5) is 0 Å². The second-order valence-corrected chi connectivity index (χ2v) is 3.49. The normalized spacial score (nSPS) is 11.7. The standard InChI is InChI=1S/C13H10O.Zn/c1-3-7-12-10(5-1)9-11-6-2-4-8-13(11)14-12;/h1-8H,9H2;. The Morgan fingerprint density at radius 3 is 1.73 bits per heavy atom. The zero-order valence-electron chi connectivity index (χ0n) is 8.44. The summed E-state index contributed by atoms with van der Waals surface area (Å²) in [7, 11) is 0. The van der Waals surface area contributed by atoms with Crippen LogP contribution in [-0.2, 0) is 25.9 Å². The van der Waals surface area contributed by atoms with Crippen LogP contribution in [0.5, 0.6) is 11.5 Å². The molecule has 0 atom stereocenters. The van der Waals surface area contributed by atoms with Crippen molar-refractivity contribution in [1.29, 1.82) is 0 Å². The Morgan fingerprint density at radius 1 is 0.733 bits per heavy atom. The second-order valence-electron chi connectivity index (χ2n) is 3.49. The SMILES string of the molecule is [Zn].c1ccc2c(c1)Cc1ccccc1O2. The predicted molar refractivity (Wildman–Crippen MR) is 55.8 cm³/mol. The third-order valence-corrected chi connectivity index (χ3v) is 2.55. The molecule has 1 aliphatic rings. The van der Waals surface area contributed by atoms with Gasteiger partial charge in [-0.25, -0.2) is 0 Å². The molecule has 3 rings (SSSR count). The molecular formula is C13H10OZn. The maximum Gasteiger partial charge on any atom is 0.130 e. The average molecular weight is 248 g/mol. The van der Waals surface area contributed by atoms with Gasteiger partial charge in [-0.05, 0) is 23.3 Å². The van der Waals surface area contributed by atoms with E-state index >= 15 is 0 Å². The summed E-state index contributed by atoms with van der Waals surface area (Å²) in [6.45, 7) is 0. The van der Waals surface area contributed by atoms with Gasteiger partial charge in [0.25, 0.3) is 0 Å². The molecule has 0 saturated carbocycles. The van der Waals surface area contributed by atoms with E-state index in [-0.39, 0.29) is 19.5 Å². The van der Waals surface area contributed by atoms with Crippen molar-refractivity contribution in [2.45, 2.75) is 6.42 Å². The number of fused-ring (bicyclic) bond motifs is 2. The number of benzene rings is 2. The maximum absolute atomic E-state index is 5.78. The van der Waals surface area contributed by atoms with Crippen molar-refractivity contribution in [3.8, 4) is 11.5 Å². The van der Waals surface area contributed by atoms with Crippen LogP contribution in [0.15, 0.2) is 48.5 Å². The Balaban J connectivity index is 0.000000853. The van der Waals surface area contributed by atoms with E-state index in [1.54, 1.807) is 0 Å². The molecule has 0 unspecified atom stereocenters. The van der Waals surface area contributed by atoms with E-state index in [4.69, 9.17) is 4.74 Å². The van der Waals surface area contributed by atoms with E-state index in [0.29, 0.717) is 0 Å². The largest absolute Gasteiger partial charge is 0.457 e. The zero-order valence-corrected chi connectivity index (χ0v) is 11.4. The summed E-state index contributed by atoms with van der Waals surface area (Å²) >= 11 is 0. The van der Waals surface area contributed by atoms with Crippen LogP contribution in [0.2, 0.25) is 0 Å². The minimum absolute atomic E-state index is 0. The number of hydrogen-bond donors (Lipinski definition) is 0. The van der Waals surface area contributed by atoms with Gasteiger partial charge in [0, 0.05) is 25.9 Å². The molecule has 2 aromatic carbocycles.